The zero-order valence-corrected chi connectivity index (χ0v) is 10.6. The van der Waals surface area contributed by atoms with Crippen LogP contribution in [0.3, 0.4) is 0 Å². The second kappa shape index (κ2) is 6.36. The Morgan fingerprint density at radius 1 is 1.12 bits per heavy atom. The third-order valence-electron chi connectivity index (χ3n) is 3.98. The van der Waals surface area contributed by atoms with E-state index >= 15 is 0 Å². The minimum absolute atomic E-state index is 0.288. The van der Waals surface area contributed by atoms with Crippen LogP contribution < -0.4 is 0 Å². The van der Waals surface area contributed by atoms with E-state index in [0.717, 1.165) is 25.6 Å². The first-order valence-electron chi connectivity index (χ1n) is 6.90. The maximum absolute atomic E-state index is 10.5. The number of piperidine rings is 1. The molecule has 0 spiro atoms. The summed E-state index contributed by atoms with van der Waals surface area (Å²) in [5.74, 6) is 0.0892. The normalized spacial score (nSPS) is 27.4. The molecule has 2 aliphatic rings. The fraction of sp³-hybridized carbons (Fsp3) is 0.923. The van der Waals surface area contributed by atoms with Gasteiger partial charge in [-0.3, -0.25) is 4.79 Å². The van der Waals surface area contributed by atoms with Gasteiger partial charge >= 0.3 is 5.97 Å². The molecule has 2 aliphatic heterocycles. The second-order valence-electron chi connectivity index (χ2n) is 5.46. The first-order chi connectivity index (χ1) is 8.24. The third kappa shape index (κ3) is 4.28. The number of likely N-dealkylation sites (tertiary alicyclic amines) is 2. The highest BCUT2D eigenvalue weighted by atomic mass is 16.4. The van der Waals surface area contributed by atoms with Crippen molar-refractivity contribution in [1.29, 1.82) is 0 Å². The second-order valence-corrected chi connectivity index (χ2v) is 5.46. The predicted octanol–water partition coefficient (Wildman–Crippen LogP) is 1.27. The predicted molar refractivity (Wildman–Crippen MR) is 67.1 cm³/mol. The van der Waals surface area contributed by atoms with Crippen LogP contribution in [0.5, 0.6) is 0 Å². The highest BCUT2D eigenvalue weighted by Gasteiger charge is 2.24. The fourth-order valence-corrected chi connectivity index (χ4v) is 3.03. The standard InChI is InChI=1S/C13H24N2O2/c16-13(17)5-9-15-8-4-12(11-15)10-14-6-2-1-3-7-14/h12H,1-11H2,(H,16,17). The van der Waals surface area contributed by atoms with Crippen LogP contribution in [-0.2, 0) is 4.79 Å². The zero-order valence-electron chi connectivity index (χ0n) is 10.6. The summed E-state index contributed by atoms with van der Waals surface area (Å²) in [6.45, 7) is 6.68. The minimum atomic E-state index is -0.676. The highest BCUT2D eigenvalue weighted by molar-refractivity contribution is 5.66. The lowest BCUT2D eigenvalue weighted by Gasteiger charge is -2.29. The quantitative estimate of drug-likeness (QED) is 0.786. The van der Waals surface area contributed by atoms with E-state index in [1.54, 1.807) is 0 Å². The Balaban J connectivity index is 1.64. The average Bonchev–Trinajstić information content (AvgIpc) is 2.75. The first-order valence-corrected chi connectivity index (χ1v) is 6.90. The Morgan fingerprint density at radius 3 is 2.59 bits per heavy atom. The Bertz CT molecular complexity index is 252. The number of rotatable bonds is 5. The lowest BCUT2D eigenvalue weighted by atomic mass is 10.1. The largest absolute Gasteiger partial charge is 0.481 e. The van der Waals surface area contributed by atoms with Gasteiger partial charge in [0.05, 0.1) is 6.42 Å². The summed E-state index contributed by atoms with van der Waals surface area (Å²) in [6.07, 6.45) is 5.64. The molecule has 0 aromatic heterocycles. The molecule has 0 aromatic carbocycles. The maximum atomic E-state index is 10.5. The molecule has 17 heavy (non-hydrogen) atoms. The summed E-state index contributed by atoms with van der Waals surface area (Å²) in [4.78, 5) is 15.4. The minimum Gasteiger partial charge on any atom is -0.481 e. The summed E-state index contributed by atoms with van der Waals surface area (Å²) in [5, 5.41) is 8.67. The molecular formula is C13H24N2O2. The number of aliphatic carboxylic acids is 1. The Kier molecular flexibility index (Phi) is 4.80. The first kappa shape index (κ1) is 12.8. The van der Waals surface area contributed by atoms with Gasteiger partial charge in [0.2, 0.25) is 0 Å². The van der Waals surface area contributed by atoms with Crippen LogP contribution in [0.15, 0.2) is 0 Å². The van der Waals surface area contributed by atoms with Crippen LogP contribution in [0, 0.1) is 5.92 Å². The molecule has 98 valence electrons. The van der Waals surface area contributed by atoms with Crippen LogP contribution in [0.1, 0.15) is 32.1 Å². The van der Waals surface area contributed by atoms with Crippen molar-refractivity contribution >= 4 is 5.97 Å². The van der Waals surface area contributed by atoms with Gasteiger partial charge in [0.15, 0.2) is 0 Å². The van der Waals surface area contributed by atoms with Gasteiger partial charge in [0.25, 0.3) is 0 Å². The third-order valence-corrected chi connectivity index (χ3v) is 3.98. The van der Waals surface area contributed by atoms with E-state index in [-0.39, 0.29) is 6.42 Å². The van der Waals surface area contributed by atoms with E-state index in [4.69, 9.17) is 5.11 Å². The molecule has 1 atom stereocenters. The van der Waals surface area contributed by atoms with Crippen LogP contribution in [0.4, 0.5) is 0 Å². The van der Waals surface area contributed by atoms with Gasteiger partial charge in [0.1, 0.15) is 0 Å². The monoisotopic (exact) mass is 240 g/mol. The summed E-state index contributed by atoms with van der Waals surface area (Å²) in [7, 11) is 0. The smallest absolute Gasteiger partial charge is 0.304 e. The van der Waals surface area contributed by atoms with Crippen LogP contribution in [-0.4, -0.2) is 60.1 Å². The van der Waals surface area contributed by atoms with E-state index in [0.29, 0.717) is 0 Å². The fourth-order valence-electron chi connectivity index (χ4n) is 3.03. The topological polar surface area (TPSA) is 43.8 Å². The molecule has 1 unspecified atom stereocenters. The Hall–Kier alpha value is -0.610. The SMILES string of the molecule is O=C(O)CCN1CCC(CN2CCCCC2)C1. The molecule has 2 heterocycles. The molecule has 0 aromatic rings. The molecule has 0 aliphatic carbocycles. The number of hydrogen-bond acceptors (Lipinski definition) is 3. The van der Waals surface area contributed by atoms with Crippen molar-refractivity contribution in [2.24, 2.45) is 5.92 Å². The summed E-state index contributed by atoms with van der Waals surface area (Å²) in [6, 6.07) is 0. The van der Waals surface area contributed by atoms with Crippen LogP contribution in [0.25, 0.3) is 0 Å². The van der Waals surface area contributed by atoms with Gasteiger partial charge in [-0.05, 0) is 44.8 Å². The van der Waals surface area contributed by atoms with Crippen molar-refractivity contribution < 1.29 is 9.90 Å². The van der Waals surface area contributed by atoms with E-state index in [1.165, 1.54) is 45.3 Å². The lowest BCUT2D eigenvalue weighted by Crippen LogP contribution is -2.35. The van der Waals surface area contributed by atoms with E-state index in [1.807, 2.05) is 0 Å². The van der Waals surface area contributed by atoms with Crippen molar-refractivity contribution in [3.63, 3.8) is 0 Å². The lowest BCUT2D eigenvalue weighted by molar-refractivity contribution is -0.137. The Morgan fingerprint density at radius 2 is 1.88 bits per heavy atom. The number of carboxylic acids is 1. The van der Waals surface area contributed by atoms with E-state index < -0.39 is 5.97 Å². The number of nitrogens with zero attached hydrogens (tertiary/aromatic N) is 2. The summed E-state index contributed by atoms with van der Waals surface area (Å²) >= 11 is 0. The van der Waals surface area contributed by atoms with Gasteiger partial charge in [-0.15, -0.1) is 0 Å². The number of carboxylic acid groups (broad SMARTS) is 1. The summed E-state index contributed by atoms with van der Waals surface area (Å²) < 4.78 is 0. The maximum Gasteiger partial charge on any atom is 0.304 e. The van der Waals surface area contributed by atoms with Gasteiger partial charge in [-0.25, -0.2) is 0 Å². The van der Waals surface area contributed by atoms with Crippen molar-refractivity contribution in [3.05, 3.63) is 0 Å². The van der Waals surface area contributed by atoms with Gasteiger partial charge in [-0.1, -0.05) is 6.42 Å². The van der Waals surface area contributed by atoms with Crippen molar-refractivity contribution in [1.82, 2.24) is 9.80 Å². The molecule has 2 fully saturated rings. The van der Waals surface area contributed by atoms with Gasteiger partial charge in [0, 0.05) is 19.6 Å². The molecular weight excluding hydrogens is 216 g/mol. The van der Waals surface area contributed by atoms with E-state index in [9.17, 15) is 4.79 Å². The molecule has 4 nitrogen and oxygen atoms in total. The molecule has 1 N–H and O–H groups in total. The number of hydrogen-bond donors (Lipinski definition) is 1. The molecule has 4 heteroatoms. The zero-order chi connectivity index (χ0) is 12.1. The van der Waals surface area contributed by atoms with Crippen molar-refractivity contribution in [2.75, 3.05) is 39.3 Å². The van der Waals surface area contributed by atoms with Gasteiger partial charge < -0.3 is 14.9 Å². The van der Waals surface area contributed by atoms with Crippen LogP contribution in [0.2, 0.25) is 0 Å². The molecule has 0 bridgehead atoms. The average molecular weight is 240 g/mol. The molecule has 0 saturated carbocycles. The molecule has 2 rings (SSSR count). The van der Waals surface area contributed by atoms with Crippen molar-refractivity contribution in [2.45, 2.75) is 32.1 Å². The van der Waals surface area contributed by atoms with Gasteiger partial charge in [-0.2, -0.15) is 0 Å². The summed E-state index contributed by atoms with van der Waals surface area (Å²) in [5.41, 5.74) is 0. The molecule has 0 amide bonds. The van der Waals surface area contributed by atoms with Crippen molar-refractivity contribution in [3.8, 4) is 0 Å². The van der Waals surface area contributed by atoms with Crippen LogP contribution >= 0.6 is 0 Å². The van der Waals surface area contributed by atoms with E-state index in [2.05, 4.69) is 9.80 Å². The molecule has 2 saturated heterocycles. The number of carbonyl (C=O) groups is 1. The highest BCUT2D eigenvalue weighted by Crippen LogP contribution is 2.19. The molecule has 0 radical (unpaired) electrons. The Labute approximate surface area is 104 Å².